The average Bonchev–Trinajstić information content (AvgIpc) is 2.16. The van der Waals surface area contributed by atoms with Crippen LogP contribution < -0.4 is 4.72 Å². The molecule has 5 nitrogen and oxygen atoms in total. The van der Waals surface area contributed by atoms with Crippen LogP contribution in [0.4, 0.5) is 0 Å². The van der Waals surface area contributed by atoms with Crippen molar-refractivity contribution < 1.29 is 17.9 Å². The largest absolute Gasteiger partial charge is 0.379 e. The monoisotopic (exact) mass is 273 g/mol. The molecule has 0 aromatic rings. The molecular formula is C9H20ClNO4S. The predicted octanol–water partition coefficient (Wildman–Crippen LogP) is 0.586. The number of ether oxygens (including phenoxy) is 2. The number of nitrogens with one attached hydrogen (secondary N) is 1. The third-order valence-corrected chi connectivity index (χ3v) is 3.10. The third-order valence-electron chi connectivity index (χ3n) is 1.59. The van der Waals surface area contributed by atoms with Gasteiger partial charge in [0.15, 0.2) is 0 Å². The van der Waals surface area contributed by atoms with Gasteiger partial charge in [0, 0.05) is 12.4 Å². The van der Waals surface area contributed by atoms with Gasteiger partial charge in [-0.2, -0.15) is 0 Å². The topological polar surface area (TPSA) is 64.6 Å². The molecule has 0 aliphatic rings. The van der Waals surface area contributed by atoms with E-state index in [-0.39, 0.29) is 25.0 Å². The maximum absolute atomic E-state index is 11.4. The minimum absolute atomic E-state index is 0.0271. The number of rotatable bonds is 10. The van der Waals surface area contributed by atoms with Crippen LogP contribution in [-0.2, 0) is 19.5 Å². The number of alkyl halides is 1. The van der Waals surface area contributed by atoms with Crippen LogP contribution in [0.1, 0.15) is 13.8 Å². The number of hydrogen-bond acceptors (Lipinski definition) is 4. The van der Waals surface area contributed by atoms with E-state index in [0.29, 0.717) is 19.1 Å². The Bertz CT molecular complexity index is 256. The molecule has 0 saturated heterocycles. The summed E-state index contributed by atoms with van der Waals surface area (Å²) in [6.45, 7) is 4.95. The quantitative estimate of drug-likeness (QED) is 0.467. The summed E-state index contributed by atoms with van der Waals surface area (Å²) in [5, 5.41) is 0. The van der Waals surface area contributed by atoms with E-state index in [1.165, 1.54) is 0 Å². The lowest BCUT2D eigenvalue weighted by Gasteiger charge is -2.09. The van der Waals surface area contributed by atoms with Gasteiger partial charge in [0.1, 0.15) is 0 Å². The summed E-state index contributed by atoms with van der Waals surface area (Å²) in [4.78, 5) is 0. The average molecular weight is 274 g/mol. The molecule has 0 rings (SSSR count). The maximum atomic E-state index is 11.4. The van der Waals surface area contributed by atoms with Crippen LogP contribution in [0.2, 0.25) is 0 Å². The van der Waals surface area contributed by atoms with Crippen molar-refractivity contribution in [2.45, 2.75) is 20.0 Å². The van der Waals surface area contributed by atoms with E-state index in [1.54, 1.807) is 0 Å². The van der Waals surface area contributed by atoms with E-state index < -0.39 is 10.0 Å². The summed E-state index contributed by atoms with van der Waals surface area (Å²) in [7, 11) is -3.25. The first-order valence-corrected chi connectivity index (χ1v) is 7.39. The van der Waals surface area contributed by atoms with E-state index >= 15 is 0 Å². The van der Waals surface area contributed by atoms with Gasteiger partial charge in [-0.15, -0.1) is 11.6 Å². The lowest BCUT2D eigenvalue weighted by molar-refractivity contribution is 0.0911. The Kier molecular flexibility index (Phi) is 9.25. The smallest absolute Gasteiger partial charge is 0.213 e. The Morgan fingerprint density at radius 1 is 1.25 bits per heavy atom. The van der Waals surface area contributed by atoms with Gasteiger partial charge in [0.25, 0.3) is 0 Å². The second-order valence-electron chi connectivity index (χ2n) is 3.43. The fraction of sp³-hybridized carbons (Fsp3) is 1.00. The van der Waals surface area contributed by atoms with Crippen LogP contribution in [0.25, 0.3) is 0 Å². The molecule has 98 valence electrons. The molecule has 0 unspecified atom stereocenters. The van der Waals surface area contributed by atoms with Crippen LogP contribution >= 0.6 is 11.6 Å². The molecule has 0 spiro atoms. The van der Waals surface area contributed by atoms with Gasteiger partial charge in [-0.3, -0.25) is 0 Å². The summed E-state index contributed by atoms with van der Waals surface area (Å²) in [5.74, 6) is 0.385. The van der Waals surface area contributed by atoms with Crippen LogP contribution in [0.3, 0.4) is 0 Å². The molecule has 0 fully saturated rings. The lowest BCUT2D eigenvalue weighted by atomic mass is 10.5. The van der Waals surface area contributed by atoms with Gasteiger partial charge in [-0.25, -0.2) is 13.1 Å². The van der Waals surface area contributed by atoms with E-state index in [9.17, 15) is 8.42 Å². The van der Waals surface area contributed by atoms with Crippen LogP contribution in [0.5, 0.6) is 0 Å². The normalized spacial score (nSPS) is 12.2. The molecule has 0 aromatic heterocycles. The van der Waals surface area contributed by atoms with Gasteiger partial charge in [0.05, 0.1) is 31.7 Å². The SMILES string of the molecule is CC(C)OCCS(=O)(=O)NCCOCCCl. The molecule has 0 aliphatic carbocycles. The first kappa shape index (κ1) is 16.1. The van der Waals surface area contributed by atoms with Crippen molar-refractivity contribution in [2.75, 3.05) is 38.0 Å². The van der Waals surface area contributed by atoms with Crippen molar-refractivity contribution >= 4 is 21.6 Å². The molecule has 7 heteroatoms. The molecule has 0 saturated carbocycles. The molecule has 0 bridgehead atoms. The van der Waals surface area contributed by atoms with Crippen LogP contribution in [-0.4, -0.2) is 52.5 Å². The van der Waals surface area contributed by atoms with Crippen molar-refractivity contribution in [3.63, 3.8) is 0 Å². The highest BCUT2D eigenvalue weighted by Gasteiger charge is 2.09. The first-order valence-electron chi connectivity index (χ1n) is 5.20. The summed E-state index contributed by atoms with van der Waals surface area (Å²) in [6, 6.07) is 0. The number of sulfonamides is 1. The number of hydrogen-bond donors (Lipinski definition) is 1. The molecule has 0 aromatic carbocycles. The van der Waals surface area contributed by atoms with E-state index in [0.717, 1.165) is 0 Å². The Labute approximate surface area is 102 Å². The zero-order chi connectivity index (χ0) is 12.4. The summed E-state index contributed by atoms with van der Waals surface area (Å²) < 4.78 is 35.3. The predicted molar refractivity (Wildman–Crippen MR) is 64.4 cm³/mol. The van der Waals surface area contributed by atoms with Gasteiger partial charge >= 0.3 is 0 Å². The molecule has 1 N–H and O–H groups in total. The maximum Gasteiger partial charge on any atom is 0.213 e. The minimum Gasteiger partial charge on any atom is -0.379 e. The summed E-state index contributed by atoms with van der Waals surface area (Å²) in [6.07, 6.45) is 0.0438. The van der Waals surface area contributed by atoms with Gasteiger partial charge in [0.2, 0.25) is 10.0 Å². The van der Waals surface area contributed by atoms with Crippen molar-refractivity contribution in [1.82, 2.24) is 4.72 Å². The Morgan fingerprint density at radius 3 is 2.50 bits per heavy atom. The second kappa shape index (κ2) is 9.18. The second-order valence-corrected chi connectivity index (χ2v) is 5.74. The van der Waals surface area contributed by atoms with Gasteiger partial charge in [-0.1, -0.05) is 0 Å². The van der Waals surface area contributed by atoms with Crippen LogP contribution in [0, 0.1) is 0 Å². The fourth-order valence-electron chi connectivity index (χ4n) is 0.892. The molecule has 16 heavy (non-hydrogen) atoms. The molecule has 0 amide bonds. The van der Waals surface area contributed by atoms with Crippen molar-refractivity contribution in [1.29, 1.82) is 0 Å². The molecular weight excluding hydrogens is 254 g/mol. The molecule has 0 radical (unpaired) electrons. The van der Waals surface area contributed by atoms with Gasteiger partial charge < -0.3 is 9.47 Å². The first-order chi connectivity index (χ1) is 7.48. The van der Waals surface area contributed by atoms with Crippen molar-refractivity contribution in [3.8, 4) is 0 Å². The van der Waals surface area contributed by atoms with E-state index in [2.05, 4.69) is 4.72 Å². The Morgan fingerprint density at radius 2 is 1.94 bits per heavy atom. The highest BCUT2D eigenvalue weighted by molar-refractivity contribution is 7.89. The fourth-order valence-corrected chi connectivity index (χ4v) is 1.86. The standard InChI is InChI=1S/C9H20ClNO4S/c1-9(2)15-7-8-16(12,13)11-4-6-14-5-3-10/h9,11H,3-8H2,1-2H3. The Hall–Kier alpha value is 0.120. The molecule has 0 heterocycles. The lowest BCUT2D eigenvalue weighted by Crippen LogP contribution is -2.31. The van der Waals surface area contributed by atoms with Gasteiger partial charge in [-0.05, 0) is 13.8 Å². The summed E-state index contributed by atoms with van der Waals surface area (Å²) >= 11 is 5.39. The number of halogens is 1. The zero-order valence-corrected chi connectivity index (χ0v) is 11.3. The summed E-state index contributed by atoms with van der Waals surface area (Å²) in [5.41, 5.74) is 0. The van der Waals surface area contributed by atoms with E-state index in [4.69, 9.17) is 21.1 Å². The zero-order valence-electron chi connectivity index (χ0n) is 9.74. The highest BCUT2D eigenvalue weighted by atomic mass is 35.5. The minimum atomic E-state index is -3.25. The third kappa shape index (κ3) is 10.6. The van der Waals surface area contributed by atoms with E-state index in [1.807, 2.05) is 13.8 Å². The van der Waals surface area contributed by atoms with Crippen molar-refractivity contribution in [3.05, 3.63) is 0 Å². The van der Waals surface area contributed by atoms with Crippen LogP contribution in [0.15, 0.2) is 0 Å². The molecule has 0 atom stereocenters. The molecule has 0 aliphatic heterocycles. The van der Waals surface area contributed by atoms with Crippen molar-refractivity contribution in [2.24, 2.45) is 0 Å². The highest BCUT2D eigenvalue weighted by Crippen LogP contribution is 1.90. The Balaban J connectivity index is 3.55.